The van der Waals surface area contributed by atoms with Gasteiger partial charge in [-0.2, -0.15) is 0 Å². The number of aromatic carboxylic acids is 1. The van der Waals surface area contributed by atoms with Crippen molar-refractivity contribution >= 4 is 11.9 Å². The Kier molecular flexibility index (Phi) is 5.78. The topological polar surface area (TPSA) is 75.6 Å². The molecule has 1 rings (SSSR count). The second-order valence-electron chi connectivity index (χ2n) is 3.94. The Labute approximate surface area is 110 Å². The number of hydrogen-bond donors (Lipinski definition) is 2. The molecular weight excluding hydrogens is 253 g/mol. The van der Waals surface area contributed by atoms with Crippen molar-refractivity contribution in [2.24, 2.45) is 0 Å². The summed E-state index contributed by atoms with van der Waals surface area (Å²) in [5.41, 5.74) is -0.304. The molecule has 1 amide bonds. The van der Waals surface area contributed by atoms with Crippen LogP contribution < -0.4 is 10.1 Å². The molecule has 0 saturated carbocycles. The molecule has 0 bridgehead atoms. The fraction of sp³-hybridized carbons (Fsp3) is 0.385. The molecule has 0 spiro atoms. The van der Waals surface area contributed by atoms with Crippen LogP contribution in [0.5, 0.6) is 5.75 Å². The van der Waals surface area contributed by atoms with Gasteiger partial charge in [0, 0.05) is 6.54 Å². The molecule has 0 fully saturated rings. The Hall–Kier alpha value is -2.11. The van der Waals surface area contributed by atoms with Crippen molar-refractivity contribution in [3.8, 4) is 5.75 Å². The molecule has 0 atom stereocenters. The third-order valence-electron chi connectivity index (χ3n) is 2.38. The van der Waals surface area contributed by atoms with Gasteiger partial charge in [0.05, 0.1) is 0 Å². The standard InChI is InChI=1S/C13H16FNO4/c1-2-3-6-15-12(16)8-19-11-5-4-9(14)7-10(11)13(17)18/h4-5,7H,2-3,6,8H2,1H3,(H,15,16)(H,17,18). The predicted molar refractivity (Wildman–Crippen MR) is 66.8 cm³/mol. The molecule has 1 aromatic rings. The fourth-order valence-electron chi connectivity index (χ4n) is 1.39. The number of carbonyl (C=O) groups is 2. The quantitative estimate of drug-likeness (QED) is 0.740. The van der Waals surface area contributed by atoms with Gasteiger partial charge in [-0.15, -0.1) is 0 Å². The maximum absolute atomic E-state index is 12.9. The second-order valence-corrected chi connectivity index (χ2v) is 3.94. The van der Waals surface area contributed by atoms with E-state index in [1.807, 2.05) is 6.92 Å². The third kappa shape index (κ3) is 4.95. The maximum Gasteiger partial charge on any atom is 0.339 e. The third-order valence-corrected chi connectivity index (χ3v) is 2.38. The van der Waals surface area contributed by atoms with Gasteiger partial charge >= 0.3 is 5.97 Å². The lowest BCUT2D eigenvalue weighted by atomic mass is 10.2. The molecule has 0 aliphatic rings. The van der Waals surface area contributed by atoms with Crippen molar-refractivity contribution in [3.63, 3.8) is 0 Å². The molecule has 19 heavy (non-hydrogen) atoms. The highest BCUT2D eigenvalue weighted by Crippen LogP contribution is 2.19. The first-order valence-corrected chi connectivity index (χ1v) is 5.97. The van der Waals surface area contributed by atoms with Gasteiger partial charge in [0.2, 0.25) is 0 Å². The van der Waals surface area contributed by atoms with Crippen LogP contribution in [0, 0.1) is 5.82 Å². The number of benzene rings is 1. The van der Waals surface area contributed by atoms with Crippen molar-refractivity contribution in [1.29, 1.82) is 0 Å². The number of unbranched alkanes of at least 4 members (excludes halogenated alkanes) is 1. The minimum Gasteiger partial charge on any atom is -0.483 e. The number of halogens is 1. The van der Waals surface area contributed by atoms with Crippen LogP contribution in [0.3, 0.4) is 0 Å². The van der Waals surface area contributed by atoms with Gasteiger partial charge < -0.3 is 15.2 Å². The number of amides is 1. The van der Waals surface area contributed by atoms with Crippen LogP contribution >= 0.6 is 0 Å². The Morgan fingerprint density at radius 3 is 2.79 bits per heavy atom. The average molecular weight is 269 g/mol. The Morgan fingerprint density at radius 2 is 2.16 bits per heavy atom. The summed E-state index contributed by atoms with van der Waals surface area (Å²) in [6.45, 7) is 2.25. The Morgan fingerprint density at radius 1 is 1.42 bits per heavy atom. The summed E-state index contributed by atoms with van der Waals surface area (Å²) in [5, 5.41) is 11.5. The summed E-state index contributed by atoms with van der Waals surface area (Å²) in [5.74, 6) is -2.34. The average Bonchev–Trinajstić information content (AvgIpc) is 2.37. The molecule has 0 aliphatic carbocycles. The molecule has 0 aliphatic heterocycles. The highest BCUT2D eigenvalue weighted by molar-refractivity contribution is 5.91. The smallest absolute Gasteiger partial charge is 0.339 e. The van der Waals surface area contributed by atoms with E-state index in [9.17, 15) is 14.0 Å². The van der Waals surface area contributed by atoms with Crippen molar-refractivity contribution in [3.05, 3.63) is 29.6 Å². The summed E-state index contributed by atoms with van der Waals surface area (Å²) >= 11 is 0. The van der Waals surface area contributed by atoms with E-state index >= 15 is 0 Å². The van der Waals surface area contributed by atoms with E-state index in [0.29, 0.717) is 6.54 Å². The lowest BCUT2D eigenvalue weighted by Crippen LogP contribution is -2.29. The largest absolute Gasteiger partial charge is 0.483 e. The number of carbonyl (C=O) groups excluding carboxylic acids is 1. The van der Waals surface area contributed by atoms with Crippen LogP contribution in [0.15, 0.2) is 18.2 Å². The van der Waals surface area contributed by atoms with E-state index in [4.69, 9.17) is 9.84 Å². The zero-order chi connectivity index (χ0) is 14.3. The van der Waals surface area contributed by atoms with E-state index in [0.717, 1.165) is 25.0 Å². The number of rotatable bonds is 7. The number of carboxylic acid groups (broad SMARTS) is 1. The van der Waals surface area contributed by atoms with E-state index in [2.05, 4.69) is 5.32 Å². The molecule has 0 unspecified atom stereocenters. The fourth-order valence-corrected chi connectivity index (χ4v) is 1.39. The monoisotopic (exact) mass is 269 g/mol. The van der Waals surface area contributed by atoms with Gasteiger partial charge in [-0.1, -0.05) is 13.3 Å². The van der Waals surface area contributed by atoms with Gasteiger partial charge in [0.1, 0.15) is 17.1 Å². The zero-order valence-electron chi connectivity index (χ0n) is 10.6. The van der Waals surface area contributed by atoms with Gasteiger partial charge in [0.25, 0.3) is 5.91 Å². The van der Waals surface area contributed by atoms with Gasteiger partial charge in [-0.3, -0.25) is 4.79 Å². The van der Waals surface area contributed by atoms with E-state index in [-0.39, 0.29) is 23.8 Å². The zero-order valence-corrected chi connectivity index (χ0v) is 10.6. The Balaban J connectivity index is 2.57. The number of carboxylic acids is 1. The SMILES string of the molecule is CCCCNC(=O)COc1ccc(F)cc1C(=O)O. The van der Waals surface area contributed by atoms with Gasteiger partial charge in [-0.25, -0.2) is 9.18 Å². The first kappa shape index (κ1) is 14.9. The number of nitrogens with one attached hydrogen (secondary N) is 1. The lowest BCUT2D eigenvalue weighted by Gasteiger charge is -2.09. The van der Waals surface area contributed by atoms with Crippen LogP contribution in [0.2, 0.25) is 0 Å². The summed E-state index contributed by atoms with van der Waals surface area (Å²) in [6, 6.07) is 3.13. The summed E-state index contributed by atoms with van der Waals surface area (Å²) in [4.78, 5) is 22.3. The summed E-state index contributed by atoms with van der Waals surface area (Å²) in [7, 11) is 0. The molecule has 0 saturated heterocycles. The van der Waals surface area contributed by atoms with Crippen molar-refractivity contribution < 1.29 is 23.8 Å². The summed E-state index contributed by atoms with van der Waals surface area (Å²) in [6.07, 6.45) is 1.82. The van der Waals surface area contributed by atoms with Gasteiger partial charge in [-0.05, 0) is 24.6 Å². The number of hydrogen-bond acceptors (Lipinski definition) is 3. The van der Waals surface area contributed by atoms with Crippen LogP contribution in [-0.2, 0) is 4.79 Å². The highest BCUT2D eigenvalue weighted by atomic mass is 19.1. The van der Waals surface area contributed by atoms with Crippen LogP contribution in [-0.4, -0.2) is 30.1 Å². The summed E-state index contributed by atoms with van der Waals surface area (Å²) < 4.78 is 18.0. The second kappa shape index (κ2) is 7.35. The van der Waals surface area contributed by atoms with Crippen molar-refractivity contribution in [2.45, 2.75) is 19.8 Å². The normalized spacial score (nSPS) is 10.0. The van der Waals surface area contributed by atoms with Crippen LogP contribution in [0.1, 0.15) is 30.1 Å². The molecular formula is C13H16FNO4. The minimum atomic E-state index is -1.30. The maximum atomic E-state index is 12.9. The predicted octanol–water partition coefficient (Wildman–Crippen LogP) is 1.82. The van der Waals surface area contributed by atoms with E-state index in [1.54, 1.807) is 0 Å². The molecule has 104 valence electrons. The first-order chi connectivity index (χ1) is 9.04. The highest BCUT2D eigenvalue weighted by Gasteiger charge is 2.13. The lowest BCUT2D eigenvalue weighted by molar-refractivity contribution is -0.123. The van der Waals surface area contributed by atoms with Crippen LogP contribution in [0.25, 0.3) is 0 Å². The van der Waals surface area contributed by atoms with E-state index in [1.165, 1.54) is 6.07 Å². The molecule has 0 radical (unpaired) electrons. The van der Waals surface area contributed by atoms with Crippen LogP contribution in [0.4, 0.5) is 4.39 Å². The van der Waals surface area contributed by atoms with E-state index < -0.39 is 11.8 Å². The molecule has 1 aromatic carbocycles. The molecule has 0 heterocycles. The Bertz CT molecular complexity index is 462. The molecule has 5 nitrogen and oxygen atoms in total. The van der Waals surface area contributed by atoms with Crippen molar-refractivity contribution in [1.82, 2.24) is 5.32 Å². The molecule has 2 N–H and O–H groups in total. The molecule has 0 aromatic heterocycles. The first-order valence-electron chi connectivity index (χ1n) is 5.97. The molecule has 6 heteroatoms. The number of ether oxygens (including phenoxy) is 1. The van der Waals surface area contributed by atoms with Crippen molar-refractivity contribution in [2.75, 3.05) is 13.2 Å². The minimum absolute atomic E-state index is 0.0282. The van der Waals surface area contributed by atoms with Gasteiger partial charge in [0.15, 0.2) is 6.61 Å².